The number of rotatable bonds is 6. The van der Waals surface area contributed by atoms with E-state index in [0.717, 1.165) is 0 Å². The van der Waals surface area contributed by atoms with Gasteiger partial charge in [-0.05, 0) is 30.5 Å². The summed E-state index contributed by atoms with van der Waals surface area (Å²) in [6, 6.07) is 6.05. The number of sulfonamides is 1. The molecule has 0 aliphatic carbocycles. The van der Waals surface area contributed by atoms with Crippen LogP contribution in [0.1, 0.15) is 0 Å². The number of amides is 1. The average Bonchev–Trinajstić information content (AvgIpc) is 3.02. The summed E-state index contributed by atoms with van der Waals surface area (Å²) >= 11 is 1.33. The number of carbonyl (C=O) groups is 1. The zero-order chi connectivity index (χ0) is 19.4. The Kier molecular flexibility index (Phi) is 5.99. The second kappa shape index (κ2) is 8.25. The molecule has 0 bridgehead atoms. The molecule has 3 rings (SSSR count). The van der Waals surface area contributed by atoms with Gasteiger partial charge in [-0.25, -0.2) is 8.42 Å². The van der Waals surface area contributed by atoms with E-state index < -0.39 is 10.0 Å². The lowest BCUT2D eigenvalue weighted by atomic mass is 10.3. The fourth-order valence-electron chi connectivity index (χ4n) is 2.59. The molecule has 2 heterocycles. The number of hydrogen-bond donors (Lipinski definition) is 2. The van der Waals surface area contributed by atoms with E-state index in [-0.39, 0.29) is 23.3 Å². The first kappa shape index (κ1) is 19.6. The van der Waals surface area contributed by atoms with Crippen LogP contribution in [0.5, 0.6) is 0 Å². The lowest BCUT2D eigenvalue weighted by Crippen LogP contribution is -2.40. The summed E-state index contributed by atoms with van der Waals surface area (Å²) in [5.41, 5.74) is 6.20. The molecule has 10 nitrogen and oxygen atoms in total. The van der Waals surface area contributed by atoms with Gasteiger partial charge in [0.2, 0.25) is 21.9 Å². The Morgan fingerprint density at radius 2 is 1.93 bits per heavy atom. The second-order valence-corrected chi connectivity index (χ2v) is 8.43. The second-order valence-electron chi connectivity index (χ2n) is 5.72. The van der Waals surface area contributed by atoms with E-state index >= 15 is 0 Å². The number of morpholine rings is 1. The Balaban J connectivity index is 1.66. The topological polar surface area (TPSA) is 132 Å². The summed E-state index contributed by atoms with van der Waals surface area (Å²) in [6.45, 7) is 1.40. The Bertz CT molecular complexity index is 907. The van der Waals surface area contributed by atoms with Crippen LogP contribution in [0, 0.1) is 0 Å². The smallest absolute Gasteiger partial charge is 0.244 e. The number of hydrogen-bond acceptors (Lipinski definition) is 8. The van der Waals surface area contributed by atoms with Crippen molar-refractivity contribution in [3.05, 3.63) is 24.3 Å². The standard InChI is InChI=1S/C15H20N6O4S2/c1-26-15-19-18-14(16)21(15)10-13(22)17-11-2-4-12(5-3-11)27(23,24)20-6-8-25-9-7-20/h2-5H,6-10H2,1H3,(H2,16,18)(H,17,22). The summed E-state index contributed by atoms with van der Waals surface area (Å²) < 4.78 is 33.3. The molecule has 146 valence electrons. The molecular formula is C15H20N6O4S2. The van der Waals surface area contributed by atoms with Gasteiger partial charge in [0.05, 0.1) is 18.1 Å². The first-order valence-electron chi connectivity index (χ1n) is 8.12. The maximum Gasteiger partial charge on any atom is 0.244 e. The molecule has 0 saturated carbocycles. The molecule has 0 radical (unpaired) electrons. The van der Waals surface area contributed by atoms with Crippen LogP contribution in [0.3, 0.4) is 0 Å². The minimum absolute atomic E-state index is 0.0389. The van der Waals surface area contributed by atoms with Crippen LogP contribution in [-0.2, 0) is 26.1 Å². The van der Waals surface area contributed by atoms with Gasteiger partial charge in [-0.3, -0.25) is 9.36 Å². The van der Waals surface area contributed by atoms with Gasteiger partial charge in [0.15, 0.2) is 5.16 Å². The summed E-state index contributed by atoms with van der Waals surface area (Å²) in [4.78, 5) is 12.4. The Hall–Kier alpha value is -2.15. The number of aromatic nitrogens is 3. The van der Waals surface area contributed by atoms with E-state index in [4.69, 9.17) is 10.5 Å². The van der Waals surface area contributed by atoms with Crippen molar-refractivity contribution in [2.45, 2.75) is 16.6 Å². The molecule has 1 fully saturated rings. The van der Waals surface area contributed by atoms with Crippen LogP contribution >= 0.6 is 11.8 Å². The summed E-state index contributed by atoms with van der Waals surface area (Å²) in [5, 5.41) is 10.9. The zero-order valence-electron chi connectivity index (χ0n) is 14.7. The SMILES string of the molecule is CSc1nnc(N)n1CC(=O)Nc1ccc(S(=O)(=O)N2CCOCC2)cc1. The van der Waals surface area contributed by atoms with Crippen molar-refractivity contribution in [3.63, 3.8) is 0 Å². The normalized spacial score (nSPS) is 15.6. The maximum atomic E-state index is 12.6. The molecule has 1 amide bonds. The van der Waals surface area contributed by atoms with Crippen molar-refractivity contribution in [1.82, 2.24) is 19.1 Å². The fourth-order valence-corrected chi connectivity index (χ4v) is 4.50. The third-order valence-electron chi connectivity index (χ3n) is 3.98. The number of thioether (sulfide) groups is 1. The summed E-state index contributed by atoms with van der Waals surface area (Å²) in [5.74, 6) is -0.165. The number of nitrogen functional groups attached to an aromatic ring is 1. The van der Waals surface area contributed by atoms with Crippen molar-refractivity contribution < 1.29 is 17.9 Å². The first-order chi connectivity index (χ1) is 12.9. The van der Waals surface area contributed by atoms with Gasteiger partial charge in [-0.2, -0.15) is 4.31 Å². The predicted octanol–water partition coefficient (Wildman–Crippen LogP) is 0.242. The largest absolute Gasteiger partial charge is 0.379 e. The Labute approximate surface area is 161 Å². The highest BCUT2D eigenvalue weighted by molar-refractivity contribution is 7.98. The molecule has 1 aromatic heterocycles. The zero-order valence-corrected chi connectivity index (χ0v) is 16.3. The van der Waals surface area contributed by atoms with Gasteiger partial charge < -0.3 is 15.8 Å². The van der Waals surface area contributed by atoms with Crippen LogP contribution < -0.4 is 11.1 Å². The van der Waals surface area contributed by atoms with Crippen molar-refractivity contribution in [2.24, 2.45) is 0 Å². The summed E-state index contributed by atoms with van der Waals surface area (Å²) in [7, 11) is -3.56. The molecule has 1 aliphatic heterocycles. The van der Waals surface area contributed by atoms with Crippen molar-refractivity contribution in [1.29, 1.82) is 0 Å². The highest BCUT2D eigenvalue weighted by Gasteiger charge is 2.26. The summed E-state index contributed by atoms with van der Waals surface area (Å²) in [6.07, 6.45) is 1.81. The van der Waals surface area contributed by atoms with E-state index in [1.165, 1.54) is 32.8 Å². The van der Waals surface area contributed by atoms with Crippen molar-refractivity contribution in [2.75, 3.05) is 43.6 Å². The van der Waals surface area contributed by atoms with Crippen LogP contribution in [0.15, 0.2) is 34.3 Å². The Morgan fingerprint density at radius 1 is 1.26 bits per heavy atom. The maximum absolute atomic E-state index is 12.6. The van der Waals surface area contributed by atoms with E-state index in [9.17, 15) is 13.2 Å². The van der Waals surface area contributed by atoms with E-state index in [2.05, 4.69) is 15.5 Å². The lowest BCUT2D eigenvalue weighted by Gasteiger charge is -2.26. The monoisotopic (exact) mass is 412 g/mol. The molecule has 1 aliphatic rings. The molecular weight excluding hydrogens is 392 g/mol. The van der Waals surface area contributed by atoms with Gasteiger partial charge in [-0.1, -0.05) is 11.8 Å². The van der Waals surface area contributed by atoms with E-state index in [1.807, 2.05) is 6.26 Å². The van der Waals surface area contributed by atoms with Crippen LogP contribution in [-0.4, -0.2) is 66.0 Å². The number of nitrogens with one attached hydrogen (secondary N) is 1. The molecule has 1 saturated heterocycles. The molecule has 0 unspecified atom stereocenters. The van der Waals surface area contributed by atoms with Crippen molar-refractivity contribution >= 4 is 39.3 Å². The number of nitrogens with two attached hydrogens (primary N) is 1. The quantitative estimate of drug-likeness (QED) is 0.645. The first-order valence-corrected chi connectivity index (χ1v) is 10.8. The molecule has 1 aromatic carbocycles. The molecule has 27 heavy (non-hydrogen) atoms. The predicted molar refractivity (Wildman–Crippen MR) is 101 cm³/mol. The minimum Gasteiger partial charge on any atom is -0.379 e. The van der Waals surface area contributed by atoms with Gasteiger partial charge >= 0.3 is 0 Å². The number of benzene rings is 1. The highest BCUT2D eigenvalue weighted by Crippen LogP contribution is 2.20. The molecule has 0 spiro atoms. The molecule has 12 heteroatoms. The van der Waals surface area contributed by atoms with Crippen LogP contribution in [0.4, 0.5) is 11.6 Å². The molecule has 3 N–H and O–H groups in total. The number of anilines is 2. The van der Waals surface area contributed by atoms with Gasteiger partial charge in [0.25, 0.3) is 0 Å². The number of carbonyl (C=O) groups excluding carboxylic acids is 1. The third kappa shape index (κ3) is 4.40. The van der Waals surface area contributed by atoms with E-state index in [0.29, 0.717) is 37.1 Å². The lowest BCUT2D eigenvalue weighted by molar-refractivity contribution is -0.116. The highest BCUT2D eigenvalue weighted by atomic mass is 32.2. The van der Waals surface area contributed by atoms with Crippen LogP contribution in [0.2, 0.25) is 0 Å². The average molecular weight is 412 g/mol. The van der Waals surface area contributed by atoms with Gasteiger partial charge in [-0.15, -0.1) is 10.2 Å². The number of ether oxygens (including phenoxy) is 1. The van der Waals surface area contributed by atoms with Crippen molar-refractivity contribution in [3.8, 4) is 0 Å². The molecule has 2 aromatic rings. The van der Waals surface area contributed by atoms with Gasteiger partial charge in [0.1, 0.15) is 6.54 Å². The Morgan fingerprint density at radius 3 is 2.56 bits per heavy atom. The molecule has 0 atom stereocenters. The fraction of sp³-hybridized carbons (Fsp3) is 0.400. The number of nitrogens with zero attached hydrogens (tertiary/aromatic N) is 4. The van der Waals surface area contributed by atoms with E-state index in [1.54, 1.807) is 12.1 Å². The minimum atomic E-state index is -3.56. The van der Waals surface area contributed by atoms with Crippen LogP contribution in [0.25, 0.3) is 0 Å². The van der Waals surface area contributed by atoms with Gasteiger partial charge in [0, 0.05) is 18.8 Å². The third-order valence-corrected chi connectivity index (χ3v) is 6.56.